The van der Waals surface area contributed by atoms with E-state index in [9.17, 15) is 5.11 Å². The minimum Gasteiger partial charge on any atom is -0.396 e. The van der Waals surface area contributed by atoms with Crippen LogP contribution in [0.25, 0.3) is 0 Å². The quantitative estimate of drug-likeness (QED) is 0.747. The molecular formula is C13H24O3. The maximum Gasteiger partial charge on any atom is 0.163 e. The summed E-state index contributed by atoms with van der Waals surface area (Å²) in [4.78, 5) is 0. The summed E-state index contributed by atoms with van der Waals surface area (Å²) in [5.74, 6) is 0.208. The van der Waals surface area contributed by atoms with E-state index in [1.165, 1.54) is 0 Å². The highest BCUT2D eigenvalue weighted by atomic mass is 16.8. The predicted molar refractivity (Wildman–Crippen MR) is 62.0 cm³/mol. The second kappa shape index (κ2) is 3.69. The van der Waals surface area contributed by atoms with Gasteiger partial charge >= 0.3 is 0 Å². The number of aliphatic hydroxyl groups is 1. The summed E-state index contributed by atoms with van der Waals surface area (Å²) in [5, 5.41) is 9.43. The number of aliphatic hydroxyl groups excluding tert-OH is 1. The Morgan fingerprint density at radius 3 is 2.25 bits per heavy atom. The fourth-order valence-electron chi connectivity index (χ4n) is 3.11. The van der Waals surface area contributed by atoms with Gasteiger partial charge in [0.15, 0.2) is 5.79 Å². The maximum absolute atomic E-state index is 9.43. The van der Waals surface area contributed by atoms with E-state index in [2.05, 4.69) is 20.8 Å². The van der Waals surface area contributed by atoms with E-state index < -0.39 is 5.79 Å². The van der Waals surface area contributed by atoms with Crippen molar-refractivity contribution < 1.29 is 14.6 Å². The minimum absolute atomic E-state index is 0.0734. The Bertz CT molecular complexity index is 267. The molecule has 0 unspecified atom stereocenters. The highest BCUT2D eigenvalue weighted by Gasteiger charge is 2.56. The van der Waals surface area contributed by atoms with Crippen molar-refractivity contribution in [2.45, 2.75) is 59.0 Å². The Morgan fingerprint density at radius 1 is 1.19 bits per heavy atom. The van der Waals surface area contributed by atoms with Gasteiger partial charge in [-0.2, -0.15) is 0 Å². The Hall–Kier alpha value is -0.120. The molecule has 2 rings (SSSR count). The smallest absolute Gasteiger partial charge is 0.163 e. The Morgan fingerprint density at radius 2 is 1.75 bits per heavy atom. The van der Waals surface area contributed by atoms with E-state index in [0.29, 0.717) is 5.92 Å². The van der Waals surface area contributed by atoms with Crippen molar-refractivity contribution in [1.29, 1.82) is 0 Å². The lowest BCUT2D eigenvalue weighted by atomic mass is 9.78. The largest absolute Gasteiger partial charge is 0.396 e. The second-order valence-corrected chi connectivity index (χ2v) is 6.72. The van der Waals surface area contributed by atoms with Gasteiger partial charge in [0.25, 0.3) is 0 Å². The molecule has 94 valence electrons. The first kappa shape index (κ1) is 12.3. The zero-order valence-corrected chi connectivity index (χ0v) is 11.0. The van der Waals surface area contributed by atoms with Crippen LogP contribution in [0.4, 0.5) is 0 Å². The molecule has 3 heteroatoms. The summed E-state index contributed by atoms with van der Waals surface area (Å²) in [5.41, 5.74) is 0.205. The third-order valence-electron chi connectivity index (χ3n) is 3.93. The number of hydrogen-bond donors (Lipinski definition) is 1. The van der Waals surface area contributed by atoms with Gasteiger partial charge in [0.05, 0.1) is 12.2 Å². The number of rotatable bonds is 1. The van der Waals surface area contributed by atoms with Crippen molar-refractivity contribution in [1.82, 2.24) is 0 Å². The average Bonchev–Trinajstić information content (AvgIpc) is 2.55. The van der Waals surface area contributed by atoms with Crippen molar-refractivity contribution in [3.8, 4) is 0 Å². The molecule has 3 nitrogen and oxygen atoms in total. The first-order valence-electron chi connectivity index (χ1n) is 6.21. The first-order chi connectivity index (χ1) is 7.24. The van der Waals surface area contributed by atoms with Crippen molar-refractivity contribution in [3.63, 3.8) is 0 Å². The average molecular weight is 228 g/mol. The molecule has 1 heterocycles. The molecule has 0 radical (unpaired) electrons. The molecule has 1 saturated carbocycles. The summed E-state index contributed by atoms with van der Waals surface area (Å²) >= 11 is 0. The molecule has 0 aromatic rings. The predicted octanol–water partition coefficient (Wildman–Crippen LogP) is 2.18. The van der Waals surface area contributed by atoms with Crippen LogP contribution in [0, 0.1) is 17.3 Å². The molecule has 0 aromatic carbocycles. The van der Waals surface area contributed by atoms with Crippen molar-refractivity contribution in [2.24, 2.45) is 17.3 Å². The molecule has 16 heavy (non-hydrogen) atoms. The van der Waals surface area contributed by atoms with Gasteiger partial charge < -0.3 is 14.6 Å². The van der Waals surface area contributed by atoms with E-state index in [1.807, 2.05) is 13.8 Å². The van der Waals surface area contributed by atoms with Crippen LogP contribution in [-0.2, 0) is 9.47 Å². The summed E-state index contributed by atoms with van der Waals surface area (Å²) < 4.78 is 11.9. The van der Waals surface area contributed by atoms with Gasteiger partial charge in [-0.15, -0.1) is 0 Å². The van der Waals surface area contributed by atoms with E-state index in [0.717, 1.165) is 6.42 Å². The van der Waals surface area contributed by atoms with E-state index in [1.54, 1.807) is 0 Å². The van der Waals surface area contributed by atoms with Gasteiger partial charge in [-0.1, -0.05) is 20.8 Å². The molecule has 4 atom stereocenters. The molecule has 1 aliphatic carbocycles. The van der Waals surface area contributed by atoms with E-state index in [-0.39, 0.29) is 30.1 Å². The van der Waals surface area contributed by atoms with Crippen LogP contribution in [0.5, 0.6) is 0 Å². The number of hydrogen-bond acceptors (Lipinski definition) is 3. The normalized spacial score (nSPS) is 42.4. The standard InChI is InChI=1S/C13H24O3/c1-12(2,3)9-6-8(7-14)10-11(9)16-13(4,5)15-10/h8-11,14H,6-7H2,1-5H3/t8-,9-,10-,11+/m1/s1. The first-order valence-corrected chi connectivity index (χ1v) is 6.21. The molecule has 0 aromatic heterocycles. The molecule has 0 spiro atoms. The highest BCUT2D eigenvalue weighted by Crippen LogP contribution is 2.50. The molecule has 1 saturated heterocycles. The minimum atomic E-state index is -0.493. The van der Waals surface area contributed by atoms with Crippen LogP contribution >= 0.6 is 0 Å². The van der Waals surface area contributed by atoms with Gasteiger partial charge in [0, 0.05) is 12.5 Å². The van der Waals surface area contributed by atoms with Gasteiger partial charge in [-0.3, -0.25) is 0 Å². The van der Waals surface area contributed by atoms with E-state index >= 15 is 0 Å². The maximum atomic E-state index is 9.43. The Labute approximate surface area is 98.1 Å². The van der Waals surface area contributed by atoms with Crippen molar-refractivity contribution >= 4 is 0 Å². The molecule has 2 aliphatic rings. The number of fused-ring (bicyclic) bond motifs is 1. The molecular weight excluding hydrogens is 204 g/mol. The molecule has 2 fully saturated rings. The monoisotopic (exact) mass is 228 g/mol. The lowest BCUT2D eigenvalue weighted by Crippen LogP contribution is -2.33. The van der Waals surface area contributed by atoms with Crippen molar-refractivity contribution in [3.05, 3.63) is 0 Å². The van der Waals surface area contributed by atoms with Crippen LogP contribution in [0.1, 0.15) is 41.0 Å². The summed E-state index contributed by atoms with van der Waals surface area (Å²) in [6.07, 6.45) is 1.22. The third-order valence-corrected chi connectivity index (χ3v) is 3.93. The summed E-state index contributed by atoms with van der Waals surface area (Å²) in [6.45, 7) is 10.8. The molecule has 1 N–H and O–H groups in total. The zero-order chi connectivity index (χ0) is 12.1. The van der Waals surface area contributed by atoms with Gasteiger partial charge in [-0.05, 0) is 31.6 Å². The SMILES string of the molecule is CC1(C)O[C@@H]2[C@@H](CO)C[C@@H](C(C)(C)C)[C@@H]2O1. The van der Waals surface area contributed by atoms with Crippen LogP contribution in [0.3, 0.4) is 0 Å². The summed E-state index contributed by atoms with van der Waals surface area (Å²) in [6, 6.07) is 0. The van der Waals surface area contributed by atoms with Gasteiger partial charge in [0.1, 0.15) is 0 Å². The Kier molecular flexibility index (Phi) is 2.84. The topological polar surface area (TPSA) is 38.7 Å². The van der Waals surface area contributed by atoms with Crippen molar-refractivity contribution in [2.75, 3.05) is 6.61 Å². The highest BCUT2D eigenvalue weighted by molar-refractivity contribution is 5.01. The lowest BCUT2D eigenvalue weighted by Gasteiger charge is -2.32. The third kappa shape index (κ3) is 2.01. The molecule has 0 bridgehead atoms. The zero-order valence-electron chi connectivity index (χ0n) is 11.0. The van der Waals surface area contributed by atoms with Crippen LogP contribution in [-0.4, -0.2) is 29.7 Å². The van der Waals surface area contributed by atoms with Crippen LogP contribution in [0.15, 0.2) is 0 Å². The summed E-state index contributed by atoms with van der Waals surface area (Å²) in [7, 11) is 0. The molecule has 1 aliphatic heterocycles. The van der Waals surface area contributed by atoms with Crippen LogP contribution < -0.4 is 0 Å². The Balaban J connectivity index is 2.21. The lowest BCUT2D eigenvalue weighted by molar-refractivity contribution is -0.166. The van der Waals surface area contributed by atoms with Gasteiger partial charge in [-0.25, -0.2) is 0 Å². The van der Waals surface area contributed by atoms with E-state index in [4.69, 9.17) is 9.47 Å². The second-order valence-electron chi connectivity index (χ2n) is 6.72. The fraction of sp³-hybridized carbons (Fsp3) is 1.00. The number of ether oxygens (including phenoxy) is 2. The van der Waals surface area contributed by atoms with Gasteiger partial charge in [0.2, 0.25) is 0 Å². The van der Waals surface area contributed by atoms with Crippen LogP contribution in [0.2, 0.25) is 0 Å². The molecule has 0 amide bonds. The fourth-order valence-corrected chi connectivity index (χ4v) is 3.11.